The van der Waals surface area contributed by atoms with Crippen molar-refractivity contribution in [3.05, 3.63) is 71.8 Å². The summed E-state index contributed by atoms with van der Waals surface area (Å²) in [6.07, 6.45) is 1.64. The molecule has 2 heterocycles. The number of hydrogen-bond donors (Lipinski definition) is 1. The van der Waals surface area contributed by atoms with Gasteiger partial charge >= 0.3 is 0 Å². The molecule has 0 aliphatic carbocycles. The topological polar surface area (TPSA) is 71.5 Å². The van der Waals surface area contributed by atoms with E-state index >= 15 is 0 Å². The predicted molar refractivity (Wildman–Crippen MR) is 103 cm³/mol. The van der Waals surface area contributed by atoms with Gasteiger partial charge in [-0.25, -0.2) is 0 Å². The van der Waals surface area contributed by atoms with Crippen molar-refractivity contribution in [1.29, 1.82) is 0 Å². The van der Waals surface area contributed by atoms with Crippen molar-refractivity contribution in [2.45, 2.75) is 39.3 Å². The summed E-state index contributed by atoms with van der Waals surface area (Å²) < 4.78 is 10.7. The molecule has 1 N–H and O–H groups in total. The molecule has 142 valence electrons. The van der Waals surface area contributed by atoms with E-state index in [2.05, 4.69) is 10.5 Å². The Balaban J connectivity index is 1.65. The van der Waals surface area contributed by atoms with Crippen LogP contribution in [0.4, 0.5) is 5.88 Å². The van der Waals surface area contributed by atoms with Crippen LogP contribution in [0.15, 0.2) is 63.7 Å². The molecule has 0 fully saturated rings. The fourth-order valence-corrected chi connectivity index (χ4v) is 2.70. The molecule has 3 aromatic rings. The first-order valence-electron chi connectivity index (χ1n) is 8.96. The van der Waals surface area contributed by atoms with E-state index in [0.717, 1.165) is 17.0 Å². The Kier molecular flexibility index (Phi) is 5.76. The van der Waals surface area contributed by atoms with Gasteiger partial charge in [-0.15, -0.1) is 0 Å². The number of anilines is 1. The van der Waals surface area contributed by atoms with E-state index < -0.39 is 0 Å². The molecule has 6 heteroatoms. The highest BCUT2D eigenvalue weighted by molar-refractivity contribution is 5.91. The molecular formula is C21H25N3O3. The second-order valence-electron chi connectivity index (χ2n) is 7.58. The predicted octanol–water partition coefficient (Wildman–Crippen LogP) is 4.21. The van der Waals surface area contributed by atoms with Gasteiger partial charge in [-0.3, -0.25) is 15.0 Å². The van der Waals surface area contributed by atoms with Crippen molar-refractivity contribution >= 4 is 11.8 Å². The molecule has 0 bridgehead atoms. The maximum atomic E-state index is 12.5. The molecule has 0 aliphatic rings. The highest BCUT2D eigenvalue weighted by Gasteiger charge is 2.20. The summed E-state index contributed by atoms with van der Waals surface area (Å²) >= 11 is 0. The molecule has 6 nitrogen and oxygen atoms in total. The lowest BCUT2D eigenvalue weighted by atomic mass is 9.92. The molecule has 0 radical (unpaired) electrons. The van der Waals surface area contributed by atoms with Crippen LogP contribution in [0.3, 0.4) is 0 Å². The first kappa shape index (κ1) is 18.9. The molecule has 0 saturated heterocycles. The van der Waals surface area contributed by atoms with Gasteiger partial charge in [0, 0.05) is 18.0 Å². The largest absolute Gasteiger partial charge is 0.468 e. The first-order chi connectivity index (χ1) is 12.9. The Bertz CT molecular complexity index is 848. The number of nitrogens with one attached hydrogen (secondary N) is 1. The van der Waals surface area contributed by atoms with Crippen LogP contribution in [0, 0.1) is 0 Å². The molecule has 1 aromatic carbocycles. The lowest BCUT2D eigenvalue weighted by Crippen LogP contribution is -2.32. The van der Waals surface area contributed by atoms with Gasteiger partial charge in [0.1, 0.15) is 5.76 Å². The normalized spacial score (nSPS) is 11.7. The van der Waals surface area contributed by atoms with E-state index in [1.807, 2.05) is 68.1 Å². The standard InChI is InChI=1S/C21H25N3O3/c1-21(2,3)18-12-20(27-23-18)22-19(25)15-24(14-17-10-7-11-26-17)13-16-8-5-4-6-9-16/h4-12H,13-15H2,1-3H3,(H,22,25). The number of carbonyl (C=O) groups excluding carboxylic acids is 1. The van der Waals surface area contributed by atoms with Crippen LogP contribution < -0.4 is 5.32 Å². The summed E-state index contributed by atoms with van der Waals surface area (Å²) in [6, 6.07) is 15.6. The second kappa shape index (κ2) is 8.22. The molecule has 0 unspecified atom stereocenters. The molecule has 1 amide bonds. The summed E-state index contributed by atoms with van der Waals surface area (Å²) in [5.74, 6) is 1.02. The maximum Gasteiger partial charge on any atom is 0.240 e. The summed E-state index contributed by atoms with van der Waals surface area (Å²) in [7, 11) is 0. The highest BCUT2D eigenvalue weighted by atomic mass is 16.5. The number of furan rings is 1. The smallest absolute Gasteiger partial charge is 0.240 e. The molecule has 0 spiro atoms. The number of hydrogen-bond acceptors (Lipinski definition) is 5. The number of nitrogens with zero attached hydrogens (tertiary/aromatic N) is 2. The zero-order valence-corrected chi connectivity index (χ0v) is 15.9. The third-order valence-electron chi connectivity index (χ3n) is 4.12. The van der Waals surface area contributed by atoms with Gasteiger partial charge in [-0.1, -0.05) is 56.3 Å². The minimum Gasteiger partial charge on any atom is -0.468 e. The quantitative estimate of drug-likeness (QED) is 0.677. The lowest BCUT2D eigenvalue weighted by molar-refractivity contribution is -0.117. The van der Waals surface area contributed by atoms with Crippen LogP contribution >= 0.6 is 0 Å². The summed E-state index contributed by atoms with van der Waals surface area (Å²) in [4.78, 5) is 14.5. The monoisotopic (exact) mass is 367 g/mol. The fraction of sp³-hybridized carbons (Fsp3) is 0.333. The van der Waals surface area contributed by atoms with Gasteiger partial charge in [0.15, 0.2) is 0 Å². The summed E-state index contributed by atoms with van der Waals surface area (Å²) in [6.45, 7) is 7.52. The van der Waals surface area contributed by atoms with Gasteiger partial charge in [0.05, 0.1) is 25.0 Å². The number of benzene rings is 1. The van der Waals surface area contributed by atoms with Gasteiger partial charge in [-0.05, 0) is 17.7 Å². The van der Waals surface area contributed by atoms with Crippen molar-refractivity contribution in [3.63, 3.8) is 0 Å². The Hall–Kier alpha value is -2.86. The van der Waals surface area contributed by atoms with Crippen molar-refractivity contribution < 1.29 is 13.7 Å². The molecular weight excluding hydrogens is 342 g/mol. The number of carbonyl (C=O) groups is 1. The van der Waals surface area contributed by atoms with E-state index in [0.29, 0.717) is 19.0 Å². The number of aromatic nitrogens is 1. The summed E-state index contributed by atoms with van der Waals surface area (Å²) in [5.41, 5.74) is 1.80. The number of rotatable bonds is 7. The Morgan fingerprint density at radius 1 is 1.11 bits per heavy atom. The van der Waals surface area contributed by atoms with Gasteiger partial charge in [0.2, 0.25) is 11.8 Å². The van der Waals surface area contributed by atoms with Crippen LogP contribution in [0.1, 0.15) is 37.8 Å². The average molecular weight is 367 g/mol. The van der Waals surface area contributed by atoms with E-state index in [9.17, 15) is 4.79 Å². The van der Waals surface area contributed by atoms with E-state index in [1.54, 1.807) is 12.3 Å². The Labute approximate surface area is 159 Å². The number of amides is 1. The zero-order chi connectivity index (χ0) is 19.3. The van der Waals surface area contributed by atoms with Gasteiger partial charge in [0.25, 0.3) is 0 Å². The van der Waals surface area contributed by atoms with Crippen molar-refractivity contribution in [1.82, 2.24) is 10.1 Å². The van der Waals surface area contributed by atoms with E-state index in [4.69, 9.17) is 8.94 Å². The molecule has 0 saturated carbocycles. The SMILES string of the molecule is CC(C)(C)c1cc(NC(=O)CN(Cc2ccccc2)Cc2ccco2)on1. The van der Waals surface area contributed by atoms with E-state index in [-0.39, 0.29) is 17.9 Å². The Morgan fingerprint density at radius 3 is 2.52 bits per heavy atom. The maximum absolute atomic E-state index is 12.5. The fourth-order valence-electron chi connectivity index (χ4n) is 2.70. The zero-order valence-electron chi connectivity index (χ0n) is 15.9. The van der Waals surface area contributed by atoms with Crippen LogP contribution in [-0.4, -0.2) is 22.5 Å². The summed E-state index contributed by atoms with van der Waals surface area (Å²) in [5, 5.41) is 6.82. The third kappa shape index (κ3) is 5.56. The third-order valence-corrected chi connectivity index (χ3v) is 4.12. The van der Waals surface area contributed by atoms with Crippen LogP contribution in [-0.2, 0) is 23.3 Å². The minimum atomic E-state index is -0.158. The highest BCUT2D eigenvalue weighted by Crippen LogP contribution is 2.23. The Morgan fingerprint density at radius 2 is 1.89 bits per heavy atom. The van der Waals surface area contributed by atoms with Crippen LogP contribution in [0.2, 0.25) is 0 Å². The van der Waals surface area contributed by atoms with Gasteiger partial charge < -0.3 is 8.94 Å². The molecule has 27 heavy (non-hydrogen) atoms. The van der Waals surface area contributed by atoms with Crippen molar-refractivity contribution in [3.8, 4) is 0 Å². The first-order valence-corrected chi connectivity index (χ1v) is 8.96. The molecule has 0 aliphatic heterocycles. The van der Waals surface area contributed by atoms with Crippen molar-refractivity contribution in [2.24, 2.45) is 0 Å². The molecule has 0 atom stereocenters. The second-order valence-corrected chi connectivity index (χ2v) is 7.58. The van der Waals surface area contributed by atoms with Crippen molar-refractivity contribution in [2.75, 3.05) is 11.9 Å². The van der Waals surface area contributed by atoms with Crippen LogP contribution in [0.5, 0.6) is 0 Å². The average Bonchev–Trinajstić information content (AvgIpc) is 3.27. The van der Waals surface area contributed by atoms with Gasteiger partial charge in [-0.2, -0.15) is 0 Å². The molecule has 2 aromatic heterocycles. The minimum absolute atomic E-state index is 0.134. The van der Waals surface area contributed by atoms with Crippen LogP contribution in [0.25, 0.3) is 0 Å². The van der Waals surface area contributed by atoms with E-state index in [1.165, 1.54) is 0 Å². The lowest BCUT2D eigenvalue weighted by Gasteiger charge is -2.20. The molecule has 3 rings (SSSR count).